The Morgan fingerprint density at radius 2 is 1.92 bits per heavy atom. The van der Waals surface area contributed by atoms with Gasteiger partial charge < -0.3 is 0 Å². The average Bonchev–Trinajstić information content (AvgIpc) is 2.90. The molecule has 0 unspecified atom stereocenters. The van der Waals surface area contributed by atoms with E-state index < -0.39 is 0 Å². The van der Waals surface area contributed by atoms with Gasteiger partial charge in [-0.3, -0.25) is 14.7 Å². The zero-order valence-electron chi connectivity index (χ0n) is 14.9. The van der Waals surface area contributed by atoms with Crippen molar-refractivity contribution in [2.75, 3.05) is 5.32 Å². The molecule has 0 aliphatic rings. The fourth-order valence-electron chi connectivity index (χ4n) is 2.73. The van der Waals surface area contributed by atoms with Crippen LogP contribution >= 0.6 is 0 Å². The first kappa shape index (κ1) is 17.6. The molecule has 0 spiro atoms. The van der Waals surface area contributed by atoms with Gasteiger partial charge in [-0.1, -0.05) is 20.8 Å². The van der Waals surface area contributed by atoms with Gasteiger partial charge in [0.25, 0.3) is 0 Å². The lowest BCUT2D eigenvalue weighted by Gasteiger charge is -2.17. The van der Waals surface area contributed by atoms with E-state index in [0.29, 0.717) is 34.7 Å². The lowest BCUT2D eigenvalue weighted by molar-refractivity contribution is -0.117. The van der Waals surface area contributed by atoms with E-state index in [4.69, 9.17) is 0 Å². The van der Waals surface area contributed by atoms with Crippen molar-refractivity contribution in [3.05, 3.63) is 53.8 Å². The number of amides is 1. The number of carbonyl (C=O) groups excluding carboxylic acids is 1. The molecular formula is C20H19FN4O. The van der Waals surface area contributed by atoms with Crippen LogP contribution in [0.15, 0.2) is 42.5 Å². The zero-order chi connectivity index (χ0) is 18.9. The topological polar surface area (TPSA) is 70.7 Å². The van der Waals surface area contributed by atoms with Gasteiger partial charge in [-0.15, -0.1) is 0 Å². The van der Waals surface area contributed by atoms with Gasteiger partial charge in [-0.2, -0.15) is 5.26 Å². The predicted molar refractivity (Wildman–Crippen MR) is 98.4 cm³/mol. The Bertz CT molecular complexity index is 1010. The lowest BCUT2D eigenvalue weighted by atomic mass is 9.92. The molecule has 0 radical (unpaired) electrons. The summed E-state index contributed by atoms with van der Waals surface area (Å²) in [6.07, 6.45) is 0.336. The van der Waals surface area contributed by atoms with E-state index in [1.54, 1.807) is 34.9 Å². The molecule has 5 nitrogen and oxygen atoms in total. The van der Waals surface area contributed by atoms with Crippen LogP contribution in [-0.4, -0.2) is 15.5 Å². The van der Waals surface area contributed by atoms with E-state index in [-0.39, 0.29) is 17.1 Å². The van der Waals surface area contributed by atoms with Crippen LogP contribution in [0.2, 0.25) is 0 Å². The van der Waals surface area contributed by atoms with E-state index in [9.17, 15) is 14.4 Å². The summed E-state index contributed by atoms with van der Waals surface area (Å²) in [7, 11) is 0. The third-order valence-corrected chi connectivity index (χ3v) is 3.81. The SMILES string of the molecule is CC(C)(C)CC(=O)Nc1nc2ccc(C#N)cc2n1-c1ccc(F)cc1. The first-order valence-electron chi connectivity index (χ1n) is 8.25. The summed E-state index contributed by atoms with van der Waals surface area (Å²) in [4.78, 5) is 16.9. The molecule has 3 rings (SSSR count). The smallest absolute Gasteiger partial charge is 0.227 e. The summed E-state index contributed by atoms with van der Waals surface area (Å²) < 4.78 is 15.0. The number of benzene rings is 2. The molecule has 1 aromatic heterocycles. The molecule has 3 aromatic rings. The largest absolute Gasteiger partial charge is 0.296 e. The maximum atomic E-state index is 13.3. The molecule has 0 aliphatic carbocycles. The third kappa shape index (κ3) is 3.72. The number of rotatable bonds is 3. The molecule has 0 saturated heterocycles. The number of halogens is 1. The molecule has 0 aliphatic heterocycles. The number of nitrogens with zero attached hydrogens (tertiary/aromatic N) is 3. The van der Waals surface area contributed by atoms with Crippen molar-refractivity contribution in [1.29, 1.82) is 5.26 Å². The minimum atomic E-state index is -0.353. The Balaban J connectivity index is 2.12. The number of aromatic nitrogens is 2. The highest BCUT2D eigenvalue weighted by atomic mass is 19.1. The summed E-state index contributed by atoms with van der Waals surface area (Å²) >= 11 is 0. The molecule has 0 saturated carbocycles. The number of anilines is 1. The fraction of sp³-hybridized carbons (Fsp3) is 0.250. The predicted octanol–water partition coefficient (Wildman–Crippen LogP) is 4.41. The first-order chi connectivity index (χ1) is 12.3. The van der Waals surface area contributed by atoms with Crippen molar-refractivity contribution in [2.24, 2.45) is 5.41 Å². The lowest BCUT2D eigenvalue weighted by Crippen LogP contribution is -2.21. The van der Waals surface area contributed by atoms with Gasteiger partial charge in [-0.05, 0) is 47.9 Å². The van der Waals surface area contributed by atoms with E-state index in [1.807, 2.05) is 20.8 Å². The number of nitrogens with one attached hydrogen (secondary N) is 1. The second kappa shape index (κ2) is 6.60. The summed E-state index contributed by atoms with van der Waals surface area (Å²) in [6.45, 7) is 5.94. The van der Waals surface area contributed by atoms with Gasteiger partial charge in [0.2, 0.25) is 11.9 Å². The van der Waals surface area contributed by atoms with Crippen molar-refractivity contribution >= 4 is 22.9 Å². The van der Waals surface area contributed by atoms with E-state index in [1.165, 1.54) is 12.1 Å². The standard InChI is InChI=1S/C20H19FN4O/c1-20(2,3)11-18(26)24-19-23-16-9-4-13(12-22)10-17(16)25(19)15-7-5-14(21)6-8-15/h4-10H,11H2,1-3H3,(H,23,24,26). The number of hydrogen-bond donors (Lipinski definition) is 1. The molecule has 1 amide bonds. The monoisotopic (exact) mass is 350 g/mol. The van der Waals surface area contributed by atoms with Crippen LogP contribution < -0.4 is 5.32 Å². The number of hydrogen-bond acceptors (Lipinski definition) is 3. The van der Waals surface area contributed by atoms with Crippen LogP contribution in [0.5, 0.6) is 0 Å². The van der Waals surface area contributed by atoms with E-state index in [2.05, 4.69) is 16.4 Å². The summed E-state index contributed by atoms with van der Waals surface area (Å²) in [5, 5.41) is 12.0. The van der Waals surface area contributed by atoms with Crippen LogP contribution in [0.3, 0.4) is 0 Å². The Labute approximate surface area is 151 Å². The van der Waals surface area contributed by atoms with Crippen LogP contribution in [0.4, 0.5) is 10.3 Å². The molecule has 132 valence electrons. The van der Waals surface area contributed by atoms with Crippen LogP contribution in [-0.2, 0) is 4.79 Å². The minimum Gasteiger partial charge on any atom is -0.296 e. The van der Waals surface area contributed by atoms with Crippen molar-refractivity contribution < 1.29 is 9.18 Å². The Morgan fingerprint density at radius 3 is 2.54 bits per heavy atom. The third-order valence-electron chi connectivity index (χ3n) is 3.81. The van der Waals surface area contributed by atoms with E-state index >= 15 is 0 Å². The molecule has 26 heavy (non-hydrogen) atoms. The highest BCUT2D eigenvalue weighted by Crippen LogP contribution is 2.27. The first-order valence-corrected chi connectivity index (χ1v) is 8.25. The van der Waals surface area contributed by atoms with Crippen LogP contribution in [0.25, 0.3) is 16.7 Å². The average molecular weight is 350 g/mol. The van der Waals surface area contributed by atoms with Gasteiger partial charge in [0, 0.05) is 12.1 Å². The quantitative estimate of drug-likeness (QED) is 0.760. The van der Waals surface area contributed by atoms with Crippen LogP contribution in [0, 0.1) is 22.6 Å². The molecule has 1 N–H and O–H groups in total. The van der Waals surface area contributed by atoms with Gasteiger partial charge in [0.15, 0.2) is 0 Å². The number of nitriles is 1. The van der Waals surface area contributed by atoms with Gasteiger partial charge in [0.05, 0.1) is 22.7 Å². The Hall–Kier alpha value is -3.20. The van der Waals surface area contributed by atoms with Crippen molar-refractivity contribution in [1.82, 2.24) is 9.55 Å². The molecule has 0 fully saturated rings. The molecule has 0 bridgehead atoms. The van der Waals surface area contributed by atoms with Crippen LogP contribution in [0.1, 0.15) is 32.8 Å². The highest BCUT2D eigenvalue weighted by molar-refractivity contribution is 5.93. The van der Waals surface area contributed by atoms with Crippen molar-refractivity contribution in [2.45, 2.75) is 27.2 Å². The number of imidazole rings is 1. The molecule has 2 aromatic carbocycles. The van der Waals surface area contributed by atoms with Gasteiger partial charge >= 0.3 is 0 Å². The second-order valence-electron chi connectivity index (χ2n) is 7.35. The number of fused-ring (bicyclic) bond motifs is 1. The maximum Gasteiger partial charge on any atom is 0.227 e. The molecule has 6 heteroatoms. The minimum absolute atomic E-state index is 0.156. The van der Waals surface area contributed by atoms with Crippen molar-refractivity contribution in [3.8, 4) is 11.8 Å². The van der Waals surface area contributed by atoms with Gasteiger partial charge in [-0.25, -0.2) is 9.37 Å². The second-order valence-corrected chi connectivity index (χ2v) is 7.35. The molecular weight excluding hydrogens is 331 g/mol. The summed E-state index contributed by atoms with van der Waals surface area (Å²) in [5.74, 6) is -0.165. The Kier molecular flexibility index (Phi) is 4.47. The fourth-order valence-corrected chi connectivity index (χ4v) is 2.73. The summed E-state index contributed by atoms with van der Waals surface area (Å²) in [6, 6.07) is 13.1. The molecule has 1 heterocycles. The van der Waals surface area contributed by atoms with E-state index in [0.717, 1.165) is 0 Å². The normalized spacial score (nSPS) is 11.3. The zero-order valence-corrected chi connectivity index (χ0v) is 14.9. The van der Waals surface area contributed by atoms with Gasteiger partial charge in [0.1, 0.15) is 5.82 Å². The van der Waals surface area contributed by atoms with Crippen molar-refractivity contribution in [3.63, 3.8) is 0 Å². The maximum absolute atomic E-state index is 13.3. The molecule has 0 atom stereocenters. The number of carbonyl (C=O) groups is 1. The Morgan fingerprint density at radius 1 is 1.23 bits per heavy atom. The summed E-state index contributed by atoms with van der Waals surface area (Å²) in [5.41, 5.74) is 2.27. The highest BCUT2D eigenvalue weighted by Gasteiger charge is 2.20.